The van der Waals surface area contributed by atoms with E-state index >= 15 is 0 Å². The number of aliphatic hydroxyl groups excluding tert-OH is 1. The highest BCUT2D eigenvalue weighted by molar-refractivity contribution is 5.95. The van der Waals surface area contributed by atoms with Gasteiger partial charge in [-0.1, -0.05) is 24.3 Å². The molecule has 1 amide bonds. The maximum absolute atomic E-state index is 14.5. The summed E-state index contributed by atoms with van der Waals surface area (Å²) in [7, 11) is 0. The van der Waals surface area contributed by atoms with Crippen molar-refractivity contribution in [1.82, 2.24) is 4.90 Å². The molecule has 0 bridgehead atoms. The smallest absolute Gasteiger partial charge is 0.256 e. The summed E-state index contributed by atoms with van der Waals surface area (Å²) in [6.45, 7) is 5.20. The van der Waals surface area contributed by atoms with Crippen molar-refractivity contribution in [2.75, 3.05) is 19.7 Å². The predicted molar refractivity (Wildman–Crippen MR) is 92.4 cm³/mol. The highest BCUT2D eigenvalue weighted by atomic mass is 19.1. The van der Waals surface area contributed by atoms with Crippen molar-refractivity contribution >= 4 is 5.91 Å². The first-order valence-corrected chi connectivity index (χ1v) is 8.27. The Morgan fingerprint density at radius 3 is 2.50 bits per heavy atom. The first kappa shape index (κ1) is 16.7. The van der Waals surface area contributed by atoms with Crippen LogP contribution in [-0.2, 0) is 0 Å². The van der Waals surface area contributed by atoms with Crippen molar-refractivity contribution < 1.29 is 14.3 Å². The molecule has 1 unspecified atom stereocenters. The molecule has 0 spiro atoms. The number of benzene rings is 2. The standard InChI is InChI=1S/C20H22FNO2/c1-13-3-4-16(9-14(13)2)17-5-6-18(19(21)10-17)20(24)22-8-7-15(11-22)12-23/h3-6,9-10,15,23H,7-8,11-12H2,1-2H3. The highest BCUT2D eigenvalue weighted by Crippen LogP contribution is 2.26. The third kappa shape index (κ3) is 3.20. The molecule has 0 aromatic heterocycles. The second kappa shape index (κ2) is 6.73. The van der Waals surface area contributed by atoms with Crippen LogP contribution < -0.4 is 0 Å². The summed E-state index contributed by atoms with van der Waals surface area (Å²) in [4.78, 5) is 14.1. The molecule has 0 saturated carbocycles. The number of likely N-dealkylation sites (tertiary alicyclic amines) is 1. The highest BCUT2D eigenvalue weighted by Gasteiger charge is 2.27. The van der Waals surface area contributed by atoms with E-state index < -0.39 is 5.82 Å². The van der Waals surface area contributed by atoms with E-state index in [9.17, 15) is 14.3 Å². The predicted octanol–water partition coefficient (Wildman–Crippen LogP) is 3.56. The van der Waals surface area contributed by atoms with E-state index in [2.05, 4.69) is 0 Å². The van der Waals surface area contributed by atoms with E-state index in [1.165, 1.54) is 11.6 Å². The largest absolute Gasteiger partial charge is 0.396 e. The number of hydrogen-bond acceptors (Lipinski definition) is 2. The van der Waals surface area contributed by atoms with Crippen LogP contribution in [0, 0.1) is 25.6 Å². The lowest BCUT2D eigenvalue weighted by Gasteiger charge is -2.17. The molecule has 24 heavy (non-hydrogen) atoms. The second-order valence-corrected chi connectivity index (χ2v) is 6.58. The Kier molecular flexibility index (Phi) is 4.67. The molecule has 0 aliphatic carbocycles. The van der Waals surface area contributed by atoms with Gasteiger partial charge in [0.25, 0.3) is 5.91 Å². The molecule has 2 aromatic rings. The summed E-state index contributed by atoms with van der Waals surface area (Å²) in [6.07, 6.45) is 0.768. The molecular weight excluding hydrogens is 305 g/mol. The fourth-order valence-corrected chi connectivity index (χ4v) is 3.13. The average molecular weight is 327 g/mol. The van der Waals surface area contributed by atoms with Crippen molar-refractivity contribution in [3.63, 3.8) is 0 Å². The fourth-order valence-electron chi connectivity index (χ4n) is 3.13. The van der Waals surface area contributed by atoms with E-state index in [0.717, 1.165) is 23.1 Å². The molecule has 1 aliphatic heterocycles. The Balaban J connectivity index is 1.84. The molecule has 1 N–H and O–H groups in total. The lowest BCUT2D eigenvalue weighted by Crippen LogP contribution is -2.29. The van der Waals surface area contributed by atoms with Crippen LogP contribution in [-0.4, -0.2) is 35.6 Å². The first-order valence-electron chi connectivity index (χ1n) is 8.27. The minimum atomic E-state index is -0.497. The minimum Gasteiger partial charge on any atom is -0.396 e. The zero-order valence-corrected chi connectivity index (χ0v) is 14.1. The number of rotatable bonds is 3. The van der Waals surface area contributed by atoms with Gasteiger partial charge in [0.1, 0.15) is 5.82 Å². The molecular formula is C20H22FNO2. The molecule has 1 atom stereocenters. The monoisotopic (exact) mass is 327 g/mol. The van der Waals surface area contributed by atoms with Crippen LogP contribution in [0.4, 0.5) is 4.39 Å². The molecule has 1 fully saturated rings. The molecule has 126 valence electrons. The van der Waals surface area contributed by atoms with Crippen LogP contribution in [0.1, 0.15) is 27.9 Å². The first-order chi connectivity index (χ1) is 11.5. The number of nitrogens with zero attached hydrogens (tertiary/aromatic N) is 1. The maximum atomic E-state index is 14.5. The van der Waals surface area contributed by atoms with Crippen molar-refractivity contribution in [3.8, 4) is 11.1 Å². The number of halogens is 1. The SMILES string of the molecule is Cc1ccc(-c2ccc(C(=O)N3CCC(CO)C3)c(F)c2)cc1C. The van der Waals surface area contributed by atoms with E-state index in [0.29, 0.717) is 13.1 Å². The summed E-state index contributed by atoms with van der Waals surface area (Å²) < 4.78 is 14.5. The Morgan fingerprint density at radius 2 is 1.88 bits per heavy atom. The Labute approximate surface area is 141 Å². The maximum Gasteiger partial charge on any atom is 0.256 e. The van der Waals surface area contributed by atoms with E-state index in [1.807, 2.05) is 32.0 Å². The molecule has 4 heteroatoms. The molecule has 1 aliphatic rings. The summed E-state index contributed by atoms with van der Waals surface area (Å²) >= 11 is 0. The molecule has 2 aromatic carbocycles. The van der Waals surface area contributed by atoms with Crippen molar-refractivity contribution in [3.05, 3.63) is 58.9 Å². The quantitative estimate of drug-likeness (QED) is 0.936. The third-order valence-corrected chi connectivity index (χ3v) is 4.87. The molecule has 1 heterocycles. The van der Waals surface area contributed by atoms with Gasteiger partial charge in [-0.25, -0.2) is 4.39 Å². The average Bonchev–Trinajstić information content (AvgIpc) is 3.06. The van der Waals surface area contributed by atoms with Gasteiger partial charge in [-0.15, -0.1) is 0 Å². The Hall–Kier alpha value is -2.20. The summed E-state index contributed by atoms with van der Waals surface area (Å²) in [5, 5.41) is 9.18. The number of amides is 1. The lowest BCUT2D eigenvalue weighted by atomic mass is 9.99. The van der Waals surface area contributed by atoms with Gasteiger partial charge in [0.15, 0.2) is 0 Å². The molecule has 0 radical (unpaired) electrons. The van der Waals surface area contributed by atoms with Crippen LogP contribution >= 0.6 is 0 Å². The molecule has 1 saturated heterocycles. The van der Waals surface area contributed by atoms with E-state index in [1.54, 1.807) is 17.0 Å². The van der Waals surface area contributed by atoms with Crippen LogP contribution in [0.15, 0.2) is 36.4 Å². The van der Waals surface area contributed by atoms with Gasteiger partial charge >= 0.3 is 0 Å². The van der Waals surface area contributed by atoms with Crippen molar-refractivity contribution in [2.45, 2.75) is 20.3 Å². The van der Waals surface area contributed by atoms with Crippen LogP contribution in [0.3, 0.4) is 0 Å². The topological polar surface area (TPSA) is 40.5 Å². The third-order valence-electron chi connectivity index (χ3n) is 4.87. The van der Waals surface area contributed by atoms with E-state index in [4.69, 9.17) is 0 Å². The van der Waals surface area contributed by atoms with Gasteiger partial charge in [-0.2, -0.15) is 0 Å². The van der Waals surface area contributed by atoms with Crippen LogP contribution in [0.2, 0.25) is 0 Å². The summed E-state index contributed by atoms with van der Waals surface area (Å²) in [6, 6.07) is 10.8. The Bertz CT molecular complexity index is 772. The fraction of sp³-hybridized carbons (Fsp3) is 0.350. The molecule has 3 nitrogen and oxygen atoms in total. The number of aryl methyl sites for hydroxylation is 2. The van der Waals surface area contributed by atoms with Gasteiger partial charge < -0.3 is 10.0 Å². The van der Waals surface area contributed by atoms with Crippen molar-refractivity contribution in [1.29, 1.82) is 0 Å². The van der Waals surface area contributed by atoms with Gasteiger partial charge in [0.2, 0.25) is 0 Å². The normalized spacial score (nSPS) is 17.3. The number of hydrogen-bond donors (Lipinski definition) is 1. The van der Waals surface area contributed by atoms with Crippen molar-refractivity contribution in [2.24, 2.45) is 5.92 Å². The minimum absolute atomic E-state index is 0.0674. The van der Waals surface area contributed by atoms with Gasteiger partial charge in [0, 0.05) is 25.6 Å². The second-order valence-electron chi connectivity index (χ2n) is 6.58. The van der Waals surface area contributed by atoms with Gasteiger partial charge in [-0.05, 0) is 54.7 Å². The van der Waals surface area contributed by atoms with Crippen LogP contribution in [0.5, 0.6) is 0 Å². The Morgan fingerprint density at radius 1 is 1.17 bits per heavy atom. The van der Waals surface area contributed by atoms with Gasteiger partial charge in [0.05, 0.1) is 5.56 Å². The summed E-state index contributed by atoms with van der Waals surface area (Å²) in [5.74, 6) is -0.690. The van der Waals surface area contributed by atoms with E-state index in [-0.39, 0.29) is 24.0 Å². The lowest BCUT2D eigenvalue weighted by molar-refractivity contribution is 0.0777. The zero-order chi connectivity index (χ0) is 17.3. The van der Waals surface area contributed by atoms with Gasteiger partial charge in [-0.3, -0.25) is 4.79 Å². The molecule has 3 rings (SSSR count). The van der Waals surface area contributed by atoms with Crippen LogP contribution in [0.25, 0.3) is 11.1 Å². The summed E-state index contributed by atoms with van der Waals surface area (Å²) in [5.41, 5.74) is 4.15. The zero-order valence-electron chi connectivity index (χ0n) is 14.1. The number of carbonyl (C=O) groups is 1. The number of carbonyl (C=O) groups excluding carboxylic acids is 1. The number of aliphatic hydroxyl groups is 1.